The lowest BCUT2D eigenvalue weighted by Crippen LogP contribution is -2.17. The minimum atomic E-state index is -0.145. The van der Waals surface area contributed by atoms with E-state index in [-0.39, 0.29) is 5.41 Å². The van der Waals surface area contributed by atoms with Crippen molar-refractivity contribution < 1.29 is 4.42 Å². The summed E-state index contributed by atoms with van der Waals surface area (Å²) in [5, 5.41) is 2.25. The van der Waals surface area contributed by atoms with E-state index in [1.165, 1.54) is 38.9 Å². The summed E-state index contributed by atoms with van der Waals surface area (Å²) in [4.78, 5) is 2.48. The Morgan fingerprint density at radius 2 is 1.02 bits per heavy atom. The normalized spacial score (nSPS) is 12.9. The van der Waals surface area contributed by atoms with Crippen LogP contribution in [0.4, 0.5) is 17.1 Å². The molecule has 53 heavy (non-hydrogen) atoms. The van der Waals surface area contributed by atoms with Gasteiger partial charge in [0, 0.05) is 33.0 Å². The van der Waals surface area contributed by atoms with Gasteiger partial charge in [-0.1, -0.05) is 159 Å². The molecular formula is C51H37NO. The van der Waals surface area contributed by atoms with Gasteiger partial charge in [-0.15, -0.1) is 0 Å². The van der Waals surface area contributed by atoms with E-state index in [0.717, 1.165) is 55.7 Å². The standard InChI is InChI=1S/C51H37NO/c1-51(2)44-24-12-9-20-38(44)39-30-29-37(33-45(39)51)52(47-31-28-36(34-16-5-3-6-17-34)32-43(47)35-18-7-4-8-19-35)46-25-13-10-21-40(46)41-23-15-27-49-50(41)42-22-11-14-26-48(42)53-49/h3-33H,1-2H3. The summed E-state index contributed by atoms with van der Waals surface area (Å²) >= 11 is 0. The number of hydrogen-bond donors (Lipinski definition) is 0. The highest BCUT2D eigenvalue weighted by atomic mass is 16.3. The highest BCUT2D eigenvalue weighted by Gasteiger charge is 2.36. The summed E-state index contributed by atoms with van der Waals surface area (Å²) in [6, 6.07) is 68.0. The van der Waals surface area contributed by atoms with Crippen molar-refractivity contribution in [3.63, 3.8) is 0 Å². The minimum Gasteiger partial charge on any atom is -0.456 e. The molecule has 1 aliphatic carbocycles. The van der Waals surface area contributed by atoms with Crippen molar-refractivity contribution in [2.24, 2.45) is 0 Å². The van der Waals surface area contributed by atoms with Gasteiger partial charge in [-0.2, -0.15) is 0 Å². The van der Waals surface area contributed by atoms with Crippen LogP contribution in [0, 0.1) is 0 Å². The maximum Gasteiger partial charge on any atom is 0.136 e. The fourth-order valence-electron chi connectivity index (χ4n) is 8.52. The van der Waals surface area contributed by atoms with Crippen LogP contribution in [0.25, 0.3) is 66.4 Å². The largest absolute Gasteiger partial charge is 0.456 e. The SMILES string of the molecule is CC1(C)c2ccccc2-c2ccc(N(c3ccc(-c4ccccc4)cc3-c3ccccc3)c3ccccc3-c3cccc4oc5ccccc5c34)cc21. The molecule has 2 heteroatoms. The van der Waals surface area contributed by atoms with Gasteiger partial charge < -0.3 is 9.32 Å². The molecule has 0 amide bonds. The molecule has 0 unspecified atom stereocenters. The molecule has 0 spiro atoms. The van der Waals surface area contributed by atoms with Crippen molar-refractivity contribution in [2.45, 2.75) is 19.3 Å². The number of nitrogens with zero attached hydrogens (tertiary/aromatic N) is 1. The van der Waals surface area contributed by atoms with Crippen molar-refractivity contribution in [2.75, 3.05) is 4.90 Å². The van der Waals surface area contributed by atoms with Gasteiger partial charge in [0.25, 0.3) is 0 Å². The predicted molar refractivity (Wildman–Crippen MR) is 222 cm³/mol. The molecule has 1 aromatic heterocycles. The molecule has 0 atom stereocenters. The van der Waals surface area contributed by atoms with E-state index in [2.05, 4.69) is 201 Å². The van der Waals surface area contributed by atoms with Crippen LogP contribution in [-0.2, 0) is 5.41 Å². The zero-order chi connectivity index (χ0) is 35.5. The van der Waals surface area contributed by atoms with Crippen LogP contribution in [-0.4, -0.2) is 0 Å². The monoisotopic (exact) mass is 679 g/mol. The van der Waals surface area contributed by atoms with Gasteiger partial charge in [0.15, 0.2) is 0 Å². The second-order valence-electron chi connectivity index (χ2n) is 14.5. The lowest BCUT2D eigenvalue weighted by Gasteiger charge is -2.31. The van der Waals surface area contributed by atoms with Gasteiger partial charge in [-0.3, -0.25) is 0 Å². The van der Waals surface area contributed by atoms with Crippen molar-refractivity contribution in [1.29, 1.82) is 0 Å². The minimum absolute atomic E-state index is 0.145. The number of fused-ring (bicyclic) bond motifs is 6. The van der Waals surface area contributed by atoms with E-state index in [1.807, 2.05) is 6.07 Å². The number of anilines is 3. The fraction of sp³-hybridized carbons (Fsp3) is 0.0588. The average molecular weight is 680 g/mol. The lowest BCUT2D eigenvalue weighted by molar-refractivity contribution is 0.660. The lowest BCUT2D eigenvalue weighted by atomic mass is 9.82. The van der Waals surface area contributed by atoms with Crippen LogP contribution in [0.2, 0.25) is 0 Å². The van der Waals surface area contributed by atoms with Crippen molar-refractivity contribution in [3.05, 3.63) is 199 Å². The van der Waals surface area contributed by atoms with E-state index in [9.17, 15) is 0 Å². The van der Waals surface area contributed by atoms with Crippen LogP contribution < -0.4 is 4.90 Å². The zero-order valence-corrected chi connectivity index (χ0v) is 29.8. The number of rotatable bonds is 6. The van der Waals surface area contributed by atoms with E-state index in [4.69, 9.17) is 4.42 Å². The van der Waals surface area contributed by atoms with E-state index >= 15 is 0 Å². The van der Waals surface area contributed by atoms with Crippen molar-refractivity contribution in [1.82, 2.24) is 0 Å². The highest BCUT2D eigenvalue weighted by molar-refractivity contribution is 6.14. The maximum absolute atomic E-state index is 6.41. The molecule has 0 saturated heterocycles. The van der Waals surface area contributed by atoms with Crippen molar-refractivity contribution in [3.8, 4) is 44.5 Å². The van der Waals surface area contributed by atoms with E-state index < -0.39 is 0 Å². The quantitative estimate of drug-likeness (QED) is 0.174. The van der Waals surface area contributed by atoms with E-state index in [1.54, 1.807) is 0 Å². The summed E-state index contributed by atoms with van der Waals surface area (Å²) in [5.41, 5.74) is 17.3. The van der Waals surface area contributed by atoms with Gasteiger partial charge >= 0.3 is 0 Å². The molecule has 0 fully saturated rings. The number of hydrogen-bond acceptors (Lipinski definition) is 2. The molecule has 252 valence electrons. The Kier molecular flexibility index (Phi) is 7.19. The first-order valence-electron chi connectivity index (χ1n) is 18.4. The summed E-state index contributed by atoms with van der Waals surface area (Å²) < 4.78 is 6.41. The summed E-state index contributed by atoms with van der Waals surface area (Å²) in [7, 11) is 0. The fourth-order valence-corrected chi connectivity index (χ4v) is 8.52. The molecule has 8 aromatic carbocycles. The predicted octanol–water partition coefficient (Wildman–Crippen LogP) is 14.4. The first-order chi connectivity index (χ1) is 26.1. The molecule has 1 heterocycles. The van der Waals surface area contributed by atoms with Crippen LogP contribution in [0.15, 0.2) is 192 Å². The third-order valence-electron chi connectivity index (χ3n) is 11.1. The third kappa shape index (κ3) is 5.02. The number of benzene rings is 8. The topological polar surface area (TPSA) is 16.4 Å². The highest BCUT2D eigenvalue weighted by Crippen LogP contribution is 2.53. The maximum atomic E-state index is 6.41. The second kappa shape index (κ2) is 12.3. The van der Waals surface area contributed by atoms with Gasteiger partial charge in [0.1, 0.15) is 11.2 Å². The zero-order valence-electron chi connectivity index (χ0n) is 29.8. The smallest absolute Gasteiger partial charge is 0.136 e. The Bertz CT molecular complexity index is 2810. The van der Waals surface area contributed by atoms with Crippen LogP contribution in [0.5, 0.6) is 0 Å². The molecule has 0 radical (unpaired) electrons. The van der Waals surface area contributed by atoms with Gasteiger partial charge in [-0.05, 0) is 87.0 Å². The molecule has 0 aliphatic heterocycles. The van der Waals surface area contributed by atoms with Gasteiger partial charge in [0.2, 0.25) is 0 Å². The summed E-state index contributed by atoms with van der Waals surface area (Å²) in [6.07, 6.45) is 0. The Labute approximate surface area is 310 Å². The first-order valence-corrected chi connectivity index (χ1v) is 18.4. The summed E-state index contributed by atoms with van der Waals surface area (Å²) in [6.45, 7) is 4.71. The molecule has 0 N–H and O–H groups in total. The van der Waals surface area contributed by atoms with Crippen molar-refractivity contribution >= 4 is 39.0 Å². The first kappa shape index (κ1) is 31.1. The van der Waals surface area contributed by atoms with Crippen LogP contribution >= 0.6 is 0 Å². The molecule has 2 nitrogen and oxygen atoms in total. The van der Waals surface area contributed by atoms with Crippen LogP contribution in [0.3, 0.4) is 0 Å². The Morgan fingerprint density at radius 3 is 1.85 bits per heavy atom. The van der Waals surface area contributed by atoms with Crippen LogP contribution in [0.1, 0.15) is 25.0 Å². The van der Waals surface area contributed by atoms with Gasteiger partial charge in [-0.25, -0.2) is 0 Å². The molecular weight excluding hydrogens is 643 g/mol. The number of para-hydroxylation sites is 2. The molecule has 9 aromatic rings. The van der Waals surface area contributed by atoms with Gasteiger partial charge in [0.05, 0.1) is 11.4 Å². The molecule has 0 saturated carbocycles. The van der Waals surface area contributed by atoms with E-state index in [0.29, 0.717) is 0 Å². The Balaban J connectivity index is 1.27. The summed E-state index contributed by atoms with van der Waals surface area (Å²) in [5.74, 6) is 0. The average Bonchev–Trinajstić information content (AvgIpc) is 3.71. The molecule has 10 rings (SSSR count). The Morgan fingerprint density at radius 1 is 0.396 bits per heavy atom. The second-order valence-corrected chi connectivity index (χ2v) is 14.5. The molecule has 0 bridgehead atoms. The number of furan rings is 1. The third-order valence-corrected chi connectivity index (χ3v) is 11.1. The Hall–Kier alpha value is -6.64. The molecule has 1 aliphatic rings.